The SMILES string of the molecule is CC1(COS(=O)(=O)c2cccc([N+](=O)[O-])c2)CO1. The zero-order chi connectivity index (χ0) is 13.4. The van der Waals surface area contributed by atoms with E-state index in [4.69, 9.17) is 8.92 Å². The van der Waals surface area contributed by atoms with Crippen LogP contribution in [0.25, 0.3) is 0 Å². The van der Waals surface area contributed by atoms with Crippen molar-refractivity contribution in [3.8, 4) is 0 Å². The molecule has 0 aliphatic carbocycles. The Hall–Kier alpha value is -1.51. The van der Waals surface area contributed by atoms with Crippen molar-refractivity contribution < 1.29 is 22.3 Å². The highest BCUT2D eigenvalue weighted by Crippen LogP contribution is 2.28. The first-order chi connectivity index (χ1) is 8.32. The average molecular weight is 273 g/mol. The first kappa shape index (κ1) is 12.9. The lowest BCUT2D eigenvalue weighted by molar-refractivity contribution is -0.385. The van der Waals surface area contributed by atoms with E-state index in [1.165, 1.54) is 18.2 Å². The quantitative estimate of drug-likeness (QED) is 0.344. The molecule has 0 saturated carbocycles. The molecule has 18 heavy (non-hydrogen) atoms. The van der Waals surface area contributed by atoms with Crippen molar-refractivity contribution >= 4 is 15.8 Å². The van der Waals surface area contributed by atoms with Gasteiger partial charge in [0.25, 0.3) is 15.8 Å². The third-order valence-corrected chi connectivity index (χ3v) is 3.73. The van der Waals surface area contributed by atoms with Crippen LogP contribution >= 0.6 is 0 Å². The molecular formula is C10H11NO6S. The zero-order valence-corrected chi connectivity index (χ0v) is 10.3. The van der Waals surface area contributed by atoms with Crippen LogP contribution in [0.4, 0.5) is 5.69 Å². The van der Waals surface area contributed by atoms with E-state index in [0.29, 0.717) is 6.61 Å². The van der Waals surface area contributed by atoms with Gasteiger partial charge in [-0.05, 0) is 13.0 Å². The van der Waals surface area contributed by atoms with Crippen LogP contribution in [0.3, 0.4) is 0 Å². The van der Waals surface area contributed by atoms with Gasteiger partial charge >= 0.3 is 0 Å². The second-order valence-corrected chi connectivity index (χ2v) is 5.82. The molecule has 0 spiro atoms. The molecule has 0 bridgehead atoms. The molecule has 0 N–H and O–H groups in total. The predicted octanol–water partition coefficient (Wildman–Crippen LogP) is 1.09. The van der Waals surface area contributed by atoms with Crippen LogP contribution in [0, 0.1) is 10.1 Å². The lowest BCUT2D eigenvalue weighted by Gasteiger charge is -2.07. The summed E-state index contributed by atoms with van der Waals surface area (Å²) in [6.07, 6.45) is 0. The normalized spacial score (nSPS) is 22.7. The Morgan fingerprint density at radius 3 is 2.78 bits per heavy atom. The topological polar surface area (TPSA) is 99.0 Å². The van der Waals surface area contributed by atoms with Crippen LogP contribution in [-0.4, -0.2) is 32.2 Å². The lowest BCUT2D eigenvalue weighted by Crippen LogP contribution is -2.18. The van der Waals surface area contributed by atoms with Gasteiger partial charge in [0, 0.05) is 12.1 Å². The Labute approximate surface area is 104 Å². The fourth-order valence-corrected chi connectivity index (χ4v) is 2.28. The van der Waals surface area contributed by atoms with E-state index in [1.807, 2.05) is 0 Å². The number of epoxide rings is 1. The van der Waals surface area contributed by atoms with E-state index in [-0.39, 0.29) is 17.2 Å². The maximum atomic E-state index is 11.8. The second-order valence-electron chi connectivity index (χ2n) is 4.21. The third kappa shape index (κ3) is 2.84. The Bertz CT molecular complexity index is 578. The van der Waals surface area contributed by atoms with E-state index in [2.05, 4.69) is 0 Å². The summed E-state index contributed by atoms with van der Waals surface area (Å²) in [6.45, 7) is 2.06. The van der Waals surface area contributed by atoms with Gasteiger partial charge in [0.1, 0.15) is 10.5 Å². The number of benzene rings is 1. The number of nitro benzene ring substituents is 1. The minimum absolute atomic E-state index is 0.0992. The standard InChI is InChI=1S/C10H11NO6S/c1-10(6-16-10)7-17-18(14,15)9-4-2-3-8(5-9)11(12)13/h2-5H,6-7H2,1H3. The Morgan fingerprint density at radius 1 is 1.56 bits per heavy atom. The van der Waals surface area contributed by atoms with Crippen molar-refractivity contribution in [1.29, 1.82) is 0 Å². The van der Waals surface area contributed by atoms with E-state index in [0.717, 1.165) is 6.07 Å². The molecule has 0 amide bonds. The first-order valence-electron chi connectivity index (χ1n) is 5.10. The van der Waals surface area contributed by atoms with Gasteiger partial charge in [-0.1, -0.05) is 6.07 Å². The van der Waals surface area contributed by atoms with Crippen molar-refractivity contribution in [3.05, 3.63) is 34.4 Å². The van der Waals surface area contributed by atoms with Gasteiger partial charge < -0.3 is 4.74 Å². The number of non-ortho nitro benzene ring substituents is 1. The Morgan fingerprint density at radius 2 is 2.22 bits per heavy atom. The fraction of sp³-hybridized carbons (Fsp3) is 0.400. The Balaban J connectivity index is 2.18. The van der Waals surface area contributed by atoms with Crippen molar-refractivity contribution in [2.45, 2.75) is 17.4 Å². The van der Waals surface area contributed by atoms with Crippen LogP contribution < -0.4 is 0 Å². The molecule has 0 radical (unpaired) electrons. The van der Waals surface area contributed by atoms with Crippen LogP contribution in [0.15, 0.2) is 29.2 Å². The number of ether oxygens (including phenoxy) is 1. The average Bonchev–Trinajstić information content (AvgIpc) is 3.06. The molecule has 1 fully saturated rings. The molecule has 1 atom stereocenters. The fourth-order valence-electron chi connectivity index (χ4n) is 1.23. The molecule has 1 unspecified atom stereocenters. The highest BCUT2D eigenvalue weighted by molar-refractivity contribution is 7.86. The lowest BCUT2D eigenvalue weighted by atomic mass is 10.2. The number of nitrogens with zero attached hydrogens (tertiary/aromatic N) is 1. The maximum Gasteiger partial charge on any atom is 0.297 e. The molecule has 0 aromatic heterocycles. The number of rotatable bonds is 5. The molecule has 1 aliphatic heterocycles. The number of nitro groups is 1. The Kier molecular flexibility index (Phi) is 3.09. The third-order valence-electron chi connectivity index (χ3n) is 2.47. The van der Waals surface area contributed by atoms with E-state index in [1.54, 1.807) is 6.92 Å². The van der Waals surface area contributed by atoms with Gasteiger partial charge in [-0.15, -0.1) is 0 Å². The number of hydrogen-bond acceptors (Lipinski definition) is 6. The molecule has 1 saturated heterocycles. The van der Waals surface area contributed by atoms with Gasteiger partial charge in [0.2, 0.25) is 0 Å². The van der Waals surface area contributed by atoms with Crippen molar-refractivity contribution in [2.24, 2.45) is 0 Å². The van der Waals surface area contributed by atoms with Crippen LogP contribution in [0.5, 0.6) is 0 Å². The van der Waals surface area contributed by atoms with E-state index in [9.17, 15) is 18.5 Å². The van der Waals surface area contributed by atoms with Gasteiger partial charge in [-0.3, -0.25) is 14.3 Å². The van der Waals surface area contributed by atoms with Gasteiger partial charge in [0.05, 0.1) is 18.1 Å². The van der Waals surface area contributed by atoms with Gasteiger partial charge in [0.15, 0.2) is 0 Å². The highest BCUT2D eigenvalue weighted by atomic mass is 32.2. The summed E-state index contributed by atoms with van der Waals surface area (Å²) in [4.78, 5) is 9.66. The summed E-state index contributed by atoms with van der Waals surface area (Å²) in [5.74, 6) is 0. The summed E-state index contributed by atoms with van der Waals surface area (Å²) < 4.78 is 33.4. The van der Waals surface area contributed by atoms with Crippen LogP contribution in [-0.2, 0) is 19.0 Å². The summed E-state index contributed by atoms with van der Waals surface area (Å²) in [7, 11) is -3.99. The molecule has 1 aromatic carbocycles. The first-order valence-corrected chi connectivity index (χ1v) is 6.51. The molecule has 1 aromatic rings. The molecule has 8 heteroatoms. The monoisotopic (exact) mass is 273 g/mol. The number of hydrogen-bond donors (Lipinski definition) is 0. The highest BCUT2D eigenvalue weighted by Gasteiger charge is 2.41. The van der Waals surface area contributed by atoms with Crippen molar-refractivity contribution in [2.75, 3.05) is 13.2 Å². The van der Waals surface area contributed by atoms with Gasteiger partial charge in [-0.2, -0.15) is 8.42 Å². The van der Waals surface area contributed by atoms with E-state index >= 15 is 0 Å². The molecular weight excluding hydrogens is 262 g/mol. The van der Waals surface area contributed by atoms with Crippen molar-refractivity contribution in [1.82, 2.24) is 0 Å². The summed E-state index contributed by atoms with van der Waals surface area (Å²) in [5, 5.41) is 10.6. The molecule has 7 nitrogen and oxygen atoms in total. The molecule has 2 rings (SSSR count). The van der Waals surface area contributed by atoms with Crippen LogP contribution in [0.1, 0.15) is 6.92 Å². The van der Waals surface area contributed by atoms with Crippen LogP contribution in [0.2, 0.25) is 0 Å². The largest absolute Gasteiger partial charge is 0.367 e. The van der Waals surface area contributed by atoms with E-state index < -0.39 is 20.6 Å². The minimum atomic E-state index is -3.99. The smallest absolute Gasteiger partial charge is 0.297 e. The predicted molar refractivity (Wildman–Crippen MR) is 60.6 cm³/mol. The minimum Gasteiger partial charge on any atom is -0.367 e. The zero-order valence-electron chi connectivity index (χ0n) is 9.53. The summed E-state index contributed by atoms with van der Waals surface area (Å²) in [6, 6.07) is 4.72. The summed E-state index contributed by atoms with van der Waals surface area (Å²) in [5.41, 5.74) is -0.859. The van der Waals surface area contributed by atoms with Crippen molar-refractivity contribution in [3.63, 3.8) is 0 Å². The second kappa shape index (κ2) is 4.30. The van der Waals surface area contributed by atoms with Gasteiger partial charge in [-0.25, -0.2) is 0 Å². The maximum absolute atomic E-state index is 11.8. The summed E-state index contributed by atoms with van der Waals surface area (Å²) >= 11 is 0. The molecule has 1 aliphatic rings. The molecule has 1 heterocycles. The molecule has 98 valence electrons.